The Kier molecular flexibility index (Phi) is 5.81. The molecule has 1 heterocycles. The summed E-state index contributed by atoms with van der Waals surface area (Å²) in [6.07, 6.45) is 0. The first-order valence-corrected chi connectivity index (χ1v) is 9.54. The highest BCUT2D eigenvalue weighted by Gasteiger charge is 2.14. The lowest BCUT2D eigenvalue weighted by atomic mass is 9.99. The molecule has 6 nitrogen and oxygen atoms in total. The molecule has 1 N–H and O–H groups in total. The van der Waals surface area contributed by atoms with Crippen molar-refractivity contribution in [3.8, 4) is 5.75 Å². The molecular formula is C20H22N4O2S. The number of anilines is 2. The number of aromatic nitrogens is 2. The van der Waals surface area contributed by atoms with Crippen LogP contribution in [0.3, 0.4) is 0 Å². The van der Waals surface area contributed by atoms with E-state index in [1.165, 1.54) is 16.9 Å². The Morgan fingerprint density at radius 3 is 2.70 bits per heavy atom. The van der Waals surface area contributed by atoms with Crippen molar-refractivity contribution in [2.45, 2.75) is 40.2 Å². The third-order valence-electron chi connectivity index (χ3n) is 4.14. The fourth-order valence-electron chi connectivity index (χ4n) is 2.71. The minimum absolute atomic E-state index is 0.217. The molecule has 0 aliphatic rings. The standard InChI is InChI=1S/C20H22N4O2S/c1-12(2)16-10-17(24-25)14(4)9-18(16)26-11-19-22-23-20(27-19)21-15-7-5-6-13(3)8-15/h5-10,12H,11H2,1-4H3,(H,21,23). The first-order valence-electron chi connectivity index (χ1n) is 8.73. The highest BCUT2D eigenvalue weighted by molar-refractivity contribution is 7.15. The number of aryl methyl sites for hydroxylation is 2. The molecule has 0 fully saturated rings. The quantitative estimate of drug-likeness (QED) is 0.507. The van der Waals surface area contributed by atoms with Crippen LogP contribution < -0.4 is 10.1 Å². The normalized spacial score (nSPS) is 10.9. The number of nitrogens with zero attached hydrogens (tertiary/aromatic N) is 3. The maximum absolute atomic E-state index is 11.0. The first kappa shape index (κ1) is 19.0. The maximum atomic E-state index is 11.0. The summed E-state index contributed by atoms with van der Waals surface area (Å²) in [5, 5.41) is 16.2. The number of benzene rings is 2. The minimum Gasteiger partial charge on any atom is -0.486 e. The van der Waals surface area contributed by atoms with Gasteiger partial charge in [-0.2, -0.15) is 0 Å². The van der Waals surface area contributed by atoms with Crippen molar-refractivity contribution in [1.29, 1.82) is 0 Å². The van der Waals surface area contributed by atoms with E-state index in [9.17, 15) is 4.91 Å². The molecule has 2 aromatic carbocycles. The molecule has 0 aliphatic carbocycles. The second-order valence-corrected chi connectivity index (χ2v) is 7.77. The molecule has 27 heavy (non-hydrogen) atoms. The topological polar surface area (TPSA) is 76.5 Å². The zero-order valence-electron chi connectivity index (χ0n) is 15.8. The second kappa shape index (κ2) is 8.26. The number of rotatable bonds is 7. The Bertz CT molecular complexity index is 953. The van der Waals surface area contributed by atoms with Crippen molar-refractivity contribution in [2.75, 3.05) is 5.32 Å². The smallest absolute Gasteiger partial charge is 0.210 e. The molecule has 3 aromatic rings. The zero-order valence-corrected chi connectivity index (χ0v) is 16.6. The summed E-state index contributed by atoms with van der Waals surface area (Å²) in [7, 11) is 0. The van der Waals surface area contributed by atoms with Crippen LogP contribution in [-0.2, 0) is 6.61 Å². The SMILES string of the molecule is Cc1cccc(Nc2nnc(COc3cc(C)c(N=O)cc3C(C)C)s2)c1. The van der Waals surface area contributed by atoms with E-state index >= 15 is 0 Å². The molecule has 1 aromatic heterocycles. The molecule has 0 saturated carbocycles. The van der Waals surface area contributed by atoms with Crippen LogP contribution in [-0.4, -0.2) is 10.2 Å². The Morgan fingerprint density at radius 1 is 1.19 bits per heavy atom. The number of nitrogens with one attached hydrogen (secondary N) is 1. The van der Waals surface area contributed by atoms with Crippen LogP contribution in [0.1, 0.15) is 41.5 Å². The largest absolute Gasteiger partial charge is 0.486 e. The molecule has 7 heteroatoms. The molecule has 0 saturated heterocycles. The van der Waals surface area contributed by atoms with Gasteiger partial charge in [-0.15, -0.1) is 15.1 Å². The summed E-state index contributed by atoms with van der Waals surface area (Å²) in [5.41, 5.74) is 4.36. The van der Waals surface area contributed by atoms with Crippen molar-refractivity contribution in [3.63, 3.8) is 0 Å². The van der Waals surface area contributed by atoms with Gasteiger partial charge >= 0.3 is 0 Å². The van der Waals surface area contributed by atoms with Crippen LogP contribution in [0.5, 0.6) is 5.75 Å². The molecule has 0 radical (unpaired) electrons. The Balaban J connectivity index is 1.71. The molecule has 0 amide bonds. The van der Waals surface area contributed by atoms with Crippen molar-refractivity contribution in [3.05, 3.63) is 63.0 Å². The van der Waals surface area contributed by atoms with Gasteiger partial charge in [-0.05, 0) is 65.9 Å². The van der Waals surface area contributed by atoms with E-state index in [0.717, 1.165) is 32.7 Å². The monoisotopic (exact) mass is 382 g/mol. The molecule has 3 rings (SSSR count). The summed E-state index contributed by atoms with van der Waals surface area (Å²) >= 11 is 1.45. The van der Waals surface area contributed by atoms with E-state index < -0.39 is 0 Å². The Hall–Kier alpha value is -2.80. The summed E-state index contributed by atoms with van der Waals surface area (Å²) in [6.45, 7) is 8.33. The third-order valence-corrected chi connectivity index (χ3v) is 4.95. The molecular weight excluding hydrogens is 360 g/mol. The van der Waals surface area contributed by atoms with Gasteiger partial charge in [0.15, 0.2) is 5.01 Å². The van der Waals surface area contributed by atoms with E-state index in [-0.39, 0.29) is 5.92 Å². The van der Waals surface area contributed by atoms with Crippen LogP contribution in [0.4, 0.5) is 16.5 Å². The summed E-state index contributed by atoms with van der Waals surface area (Å²) < 4.78 is 5.98. The lowest BCUT2D eigenvalue weighted by molar-refractivity contribution is 0.300. The predicted molar refractivity (Wildman–Crippen MR) is 109 cm³/mol. The average Bonchev–Trinajstić information content (AvgIpc) is 3.07. The van der Waals surface area contributed by atoms with Gasteiger partial charge in [0.25, 0.3) is 0 Å². The van der Waals surface area contributed by atoms with Crippen molar-refractivity contribution in [1.82, 2.24) is 10.2 Å². The predicted octanol–water partition coefficient (Wildman–Crippen LogP) is 6.00. The van der Waals surface area contributed by atoms with Crippen molar-refractivity contribution in [2.24, 2.45) is 5.18 Å². The fraction of sp³-hybridized carbons (Fsp3) is 0.300. The summed E-state index contributed by atoms with van der Waals surface area (Å²) in [4.78, 5) is 11.0. The summed E-state index contributed by atoms with van der Waals surface area (Å²) in [6, 6.07) is 11.7. The molecule has 0 bridgehead atoms. The van der Waals surface area contributed by atoms with E-state index in [1.54, 1.807) is 6.07 Å². The molecule has 0 aliphatic heterocycles. The summed E-state index contributed by atoms with van der Waals surface area (Å²) in [5.74, 6) is 0.965. The van der Waals surface area contributed by atoms with Gasteiger partial charge < -0.3 is 10.1 Å². The van der Waals surface area contributed by atoms with E-state index in [4.69, 9.17) is 4.74 Å². The fourth-order valence-corrected chi connectivity index (χ4v) is 3.38. The minimum atomic E-state index is 0.217. The van der Waals surface area contributed by atoms with Crippen LogP contribution >= 0.6 is 11.3 Å². The van der Waals surface area contributed by atoms with Crippen LogP contribution in [0.15, 0.2) is 41.6 Å². The maximum Gasteiger partial charge on any atom is 0.210 e. The van der Waals surface area contributed by atoms with E-state index in [0.29, 0.717) is 12.3 Å². The number of hydrogen-bond acceptors (Lipinski definition) is 7. The van der Waals surface area contributed by atoms with Crippen molar-refractivity contribution < 1.29 is 4.74 Å². The number of ether oxygens (including phenoxy) is 1. The van der Waals surface area contributed by atoms with Gasteiger partial charge in [0, 0.05) is 5.69 Å². The van der Waals surface area contributed by atoms with E-state index in [2.05, 4.69) is 40.6 Å². The molecule has 0 spiro atoms. The Labute approximate surface area is 162 Å². The highest BCUT2D eigenvalue weighted by atomic mass is 32.1. The number of nitroso groups, excluding NO2 is 1. The third kappa shape index (κ3) is 4.68. The highest BCUT2D eigenvalue weighted by Crippen LogP contribution is 2.34. The molecule has 0 unspecified atom stereocenters. The first-order chi connectivity index (χ1) is 13.0. The average molecular weight is 382 g/mol. The van der Waals surface area contributed by atoms with Crippen LogP contribution in [0, 0.1) is 18.8 Å². The lowest BCUT2D eigenvalue weighted by Crippen LogP contribution is -2.00. The van der Waals surface area contributed by atoms with E-state index in [1.807, 2.05) is 38.1 Å². The van der Waals surface area contributed by atoms with Crippen LogP contribution in [0.25, 0.3) is 0 Å². The van der Waals surface area contributed by atoms with Gasteiger partial charge in [-0.3, -0.25) is 0 Å². The second-order valence-electron chi connectivity index (χ2n) is 6.71. The molecule has 0 atom stereocenters. The van der Waals surface area contributed by atoms with Gasteiger partial charge in [0.05, 0.1) is 0 Å². The van der Waals surface area contributed by atoms with Crippen LogP contribution in [0.2, 0.25) is 0 Å². The van der Waals surface area contributed by atoms with Gasteiger partial charge in [-0.1, -0.05) is 37.3 Å². The van der Waals surface area contributed by atoms with Gasteiger partial charge in [0.2, 0.25) is 5.13 Å². The Morgan fingerprint density at radius 2 is 2.00 bits per heavy atom. The van der Waals surface area contributed by atoms with Gasteiger partial charge in [0.1, 0.15) is 18.0 Å². The number of hydrogen-bond donors (Lipinski definition) is 1. The lowest BCUT2D eigenvalue weighted by Gasteiger charge is -2.15. The molecule has 140 valence electrons. The van der Waals surface area contributed by atoms with Crippen molar-refractivity contribution >= 4 is 27.8 Å². The van der Waals surface area contributed by atoms with Gasteiger partial charge in [-0.25, -0.2) is 0 Å². The zero-order chi connectivity index (χ0) is 19.4.